The number of nitrogens with zero attached hydrogens (tertiary/aromatic N) is 1. The van der Waals surface area contributed by atoms with Crippen LogP contribution in [0.4, 0.5) is 30.7 Å². The standard InChI is InChI=1S/C25H23F7N2O4/c1-37-23(36)15-8-20-22(14-2-4-18(26)5-3-14)19(11-34(20)21(35)9-15)33-38-12-13-6-16(24(27,28)29)10-17(7-13)25(30,31)32/h2-7,10,15,19-20,22,33H,8-9,11-12H2,1H3. The van der Waals surface area contributed by atoms with Crippen LogP contribution in [0.1, 0.15) is 41.0 Å². The third-order valence-electron chi connectivity index (χ3n) is 6.82. The summed E-state index contributed by atoms with van der Waals surface area (Å²) in [5, 5.41) is 0. The summed E-state index contributed by atoms with van der Waals surface area (Å²) in [5.41, 5.74) is -0.00924. The lowest BCUT2D eigenvalue weighted by molar-refractivity contribution is -0.153. The topological polar surface area (TPSA) is 67.9 Å². The van der Waals surface area contributed by atoms with Crippen LogP contribution in [0, 0.1) is 11.7 Å². The molecule has 0 radical (unpaired) electrons. The first kappa shape index (κ1) is 27.8. The minimum atomic E-state index is -5.00. The quantitative estimate of drug-likeness (QED) is 0.318. The van der Waals surface area contributed by atoms with Gasteiger partial charge in [-0.3, -0.25) is 14.4 Å². The first-order valence-corrected chi connectivity index (χ1v) is 11.6. The molecular weight excluding hydrogens is 525 g/mol. The Morgan fingerprint density at radius 1 is 1.03 bits per heavy atom. The van der Waals surface area contributed by atoms with E-state index in [-0.39, 0.29) is 36.9 Å². The van der Waals surface area contributed by atoms with Crippen LogP contribution in [-0.2, 0) is 38.1 Å². The number of methoxy groups -OCH3 is 1. The lowest BCUT2D eigenvalue weighted by atomic mass is 9.81. The number of nitrogens with one attached hydrogen (secondary N) is 1. The number of alkyl halides is 6. The number of amides is 1. The molecule has 2 saturated heterocycles. The van der Waals surface area contributed by atoms with Gasteiger partial charge in [-0.25, -0.2) is 4.39 Å². The molecule has 206 valence electrons. The molecule has 0 aliphatic carbocycles. The summed E-state index contributed by atoms with van der Waals surface area (Å²) >= 11 is 0. The molecule has 2 heterocycles. The molecular formula is C25H23F7N2O4. The second-order valence-electron chi connectivity index (χ2n) is 9.28. The Hall–Kier alpha value is -3.19. The molecule has 0 saturated carbocycles. The zero-order valence-electron chi connectivity index (χ0n) is 19.9. The van der Waals surface area contributed by atoms with Gasteiger partial charge in [-0.05, 0) is 47.9 Å². The van der Waals surface area contributed by atoms with Gasteiger partial charge in [0.25, 0.3) is 0 Å². The van der Waals surface area contributed by atoms with E-state index >= 15 is 0 Å². The fraction of sp³-hybridized carbons (Fsp3) is 0.440. The Kier molecular flexibility index (Phi) is 7.71. The Bertz CT molecular complexity index is 1150. The molecule has 0 bridgehead atoms. The van der Waals surface area contributed by atoms with E-state index in [1.165, 1.54) is 31.4 Å². The van der Waals surface area contributed by atoms with Crippen molar-refractivity contribution in [3.63, 3.8) is 0 Å². The second kappa shape index (κ2) is 10.5. The molecule has 0 spiro atoms. The number of hydroxylamine groups is 1. The highest BCUT2D eigenvalue weighted by Gasteiger charge is 2.50. The highest BCUT2D eigenvalue weighted by atomic mass is 19.4. The molecule has 1 amide bonds. The van der Waals surface area contributed by atoms with Crippen LogP contribution in [0.25, 0.3) is 0 Å². The number of halogens is 7. The second-order valence-corrected chi connectivity index (χ2v) is 9.28. The lowest BCUT2D eigenvalue weighted by Crippen LogP contribution is -2.46. The van der Waals surface area contributed by atoms with Gasteiger partial charge >= 0.3 is 18.3 Å². The number of hydrogen-bond acceptors (Lipinski definition) is 5. The van der Waals surface area contributed by atoms with Crippen LogP contribution in [0.2, 0.25) is 0 Å². The molecule has 6 nitrogen and oxygen atoms in total. The monoisotopic (exact) mass is 548 g/mol. The third-order valence-corrected chi connectivity index (χ3v) is 6.82. The molecule has 2 aromatic rings. The van der Waals surface area contributed by atoms with Gasteiger partial charge in [0.1, 0.15) is 5.82 Å². The number of carbonyl (C=O) groups is 2. The van der Waals surface area contributed by atoms with E-state index in [2.05, 4.69) is 5.48 Å². The van der Waals surface area contributed by atoms with Crippen molar-refractivity contribution in [2.75, 3.05) is 13.7 Å². The average Bonchev–Trinajstić information content (AvgIpc) is 3.21. The Morgan fingerprint density at radius 2 is 1.63 bits per heavy atom. The van der Waals surface area contributed by atoms with Gasteiger partial charge in [-0.1, -0.05) is 12.1 Å². The Balaban J connectivity index is 1.56. The zero-order chi connectivity index (χ0) is 27.8. The number of hydrogen-bond donors (Lipinski definition) is 1. The van der Waals surface area contributed by atoms with Crippen molar-refractivity contribution in [3.05, 3.63) is 70.5 Å². The maximum absolute atomic E-state index is 13.6. The SMILES string of the molecule is COC(=O)C1CC(=O)N2CC(NOCc3cc(C(F)(F)F)cc(C(F)(F)F)c3)C(c3ccc(F)cc3)C2C1. The molecule has 13 heteroatoms. The van der Waals surface area contributed by atoms with Crippen molar-refractivity contribution in [2.24, 2.45) is 5.92 Å². The molecule has 2 aromatic carbocycles. The maximum Gasteiger partial charge on any atom is 0.416 e. The molecule has 2 aliphatic rings. The molecule has 1 N–H and O–H groups in total. The Morgan fingerprint density at radius 3 is 2.18 bits per heavy atom. The van der Waals surface area contributed by atoms with Crippen LogP contribution in [-0.4, -0.2) is 42.5 Å². The lowest BCUT2D eigenvalue weighted by Gasteiger charge is -2.35. The first-order valence-electron chi connectivity index (χ1n) is 11.6. The highest BCUT2D eigenvalue weighted by molar-refractivity contribution is 5.85. The number of rotatable bonds is 6. The largest absolute Gasteiger partial charge is 0.469 e. The summed E-state index contributed by atoms with van der Waals surface area (Å²) in [6.45, 7) is -0.543. The number of benzene rings is 2. The summed E-state index contributed by atoms with van der Waals surface area (Å²) in [6.07, 6.45) is -9.82. The van der Waals surface area contributed by atoms with Crippen LogP contribution >= 0.6 is 0 Å². The molecule has 38 heavy (non-hydrogen) atoms. The van der Waals surface area contributed by atoms with Crippen LogP contribution < -0.4 is 5.48 Å². The van der Waals surface area contributed by atoms with Gasteiger partial charge in [0, 0.05) is 24.9 Å². The maximum atomic E-state index is 13.6. The first-order chi connectivity index (χ1) is 17.8. The van der Waals surface area contributed by atoms with E-state index < -0.39 is 65.8 Å². The van der Waals surface area contributed by atoms with Crippen LogP contribution in [0.3, 0.4) is 0 Å². The van der Waals surface area contributed by atoms with Gasteiger partial charge in [0.05, 0.1) is 36.8 Å². The molecule has 4 rings (SSSR count). The third kappa shape index (κ3) is 5.93. The predicted octanol–water partition coefficient (Wildman–Crippen LogP) is 4.83. The Labute approximate surface area is 212 Å². The molecule has 0 aromatic heterocycles. The number of ether oxygens (including phenoxy) is 1. The normalized spacial score (nSPS) is 23.9. The molecule has 4 atom stereocenters. The summed E-state index contributed by atoms with van der Waals surface area (Å²) in [7, 11) is 1.21. The van der Waals surface area contributed by atoms with Crippen molar-refractivity contribution in [3.8, 4) is 0 Å². The van der Waals surface area contributed by atoms with Crippen LogP contribution in [0.5, 0.6) is 0 Å². The molecule has 2 fully saturated rings. The van der Waals surface area contributed by atoms with Crippen molar-refractivity contribution >= 4 is 11.9 Å². The average molecular weight is 548 g/mol. The van der Waals surface area contributed by atoms with Gasteiger partial charge in [0.15, 0.2) is 0 Å². The van der Waals surface area contributed by atoms with E-state index in [1.54, 1.807) is 4.90 Å². The van der Waals surface area contributed by atoms with Gasteiger partial charge in [-0.2, -0.15) is 31.8 Å². The van der Waals surface area contributed by atoms with E-state index in [0.717, 1.165) is 0 Å². The fourth-order valence-electron chi connectivity index (χ4n) is 5.12. The minimum Gasteiger partial charge on any atom is -0.469 e. The van der Waals surface area contributed by atoms with Crippen LogP contribution in [0.15, 0.2) is 42.5 Å². The smallest absolute Gasteiger partial charge is 0.416 e. The van der Waals surface area contributed by atoms with E-state index in [0.29, 0.717) is 17.7 Å². The van der Waals surface area contributed by atoms with Crippen molar-refractivity contribution in [1.29, 1.82) is 0 Å². The predicted molar refractivity (Wildman–Crippen MR) is 118 cm³/mol. The van der Waals surface area contributed by atoms with E-state index in [1.807, 2.05) is 0 Å². The molecule has 4 unspecified atom stereocenters. The minimum absolute atomic E-state index is 0.0276. The summed E-state index contributed by atoms with van der Waals surface area (Å²) in [4.78, 5) is 31.9. The number of fused-ring (bicyclic) bond motifs is 1. The highest BCUT2D eigenvalue weighted by Crippen LogP contribution is 2.42. The number of esters is 1. The van der Waals surface area contributed by atoms with E-state index in [4.69, 9.17) is 9.57 Å². The summed E-state index contributed by atoms with van der Waals surface area (Å²) in [6, 6.07) is 5.46. The molecule has 2 aliphatic heterocycles. The zero-order valence-corrected chi connectivity index (χ0v) is 19.9. The summed E-state index contributed by atoms with van der Waals surface area (Å²) < 4.78 is 97.4. The van der Waals surface area contributed by atoms with Crippen molar-refractivity contribution in [2.45, 2.75) is 49.8 Å². The number of carbonyl (C=O) groups excluding carboxylic acids is 2. The fourth-order valence-corrected chi connectivity index (χ4v) is 5.12. The summed E-state index contributed by atoms with van der Waals surface area (Å²) in [5.74, 6) is -2.57. The van der Waals surface area contributed by atoms with E-state index in [9.17, 15) is 40.3 Å². The van der Waals surface area contributed by atoms with Gasteiger partial charge < -0.3 is 9.64 Å². The van der Waals surface area contributed by atoms with Crippen molar-refractivity contribution in [1.82, 2.24) is 10.4 Å². The van der Waals surface area contributed by atoms with Gasteiger partial charge in [0.2, 0.25) is 5.91 Å². The van der Waals surface area contributed by atoms with Crippen molar-refractivity contribution < 1.29 is 49.9 Å². The number of piperidine rings is 1. The van der Waals surface area contributed by atoms with Gasteiger partial charge in [-0.15, -0.1) is 0 Å².